The molecular weight excluding hydrogens is 290 g/mol. The third-order valence-corrected chi connectivity index (χ3v) is 4.85. The van der Waals surface area contributed by atoms with E-state index in [1.807, 2.05) is 30.3 Å². The van der Waals surface area contributed by atoms with E-state index in [1.54, 1.807) is 4.90 Å². The van der Waals surface area contributed by atoms with Crippen LogP contribution in [0.25, 0.3) is 0 Å². The molecule has 0 aromatic heterocycles. The summed E-state index contributed by atoms with van der Waals surface area (Å²) in [4.78, 5) is 26.3. The van der Waals surface area contributed by atoms with Crippen molar-refractivity contribution in [3.63, 3.8) is 0 Å². The van der Waals surface area contributed by atoms with Gasteiger partial charge in [0.1, 0.15) is 6.04 Å². The fourth-order valence-electron chi connectivity index (χ4n) is 3.45. The van der Waals surface area contributed by atoms with Crippen LogP contribution in [0.4, 0.5) is 5.69 Å². The average molecular weight is 315 g/mol. The molecule has 0 radical (unpaired) electrons. The molecule has 1 atom stereocenters. The first-order valence-electron chi connectivity index (χ1n) is 8.60. The predicted molar refractivity (Wildman–Crippen MR) is 90.2 cm³/mol. The van der Waals surface area contributed by atoms with Crippen molar-refractivity contribution in [3.8, 4) is 0 Å². The Kier molecular flexibility index (Phi) is 5.28. The summed E-state index contributed by atoms with van der Waals surface area (Å²) < 4.78 is 0. The Morgan fingerprint density at radius 3 is 2.65 bits per heavy atom. The minimum absolute atomic E-state index is 0.00594. The number of para-hydroxylation sites is 1. The molecule has 2 amide bonds. The van der Waals surface area contributed by atoms with Crippen molar-refractivity contribution in [2.24, 2.45) is 5.92 Å². The van der Waals surface area contributed by atoms with Crippen LogP contribution in [0, 0.1) is 5.92 Å². The number of anilines is 1. The maximum absolute atomic E-state index is 12.5. The number of nitrogens with one attached hydrogen (secondary N) is 2. The van der Waals surface area contributed by atoms with Gasteiger partial charge in [-0.25, -0.2) is 0 Å². The van der Waals surface area contributed by atoms with Crippen LogP contribution in [0.15, 0.2) is 30.3 Å². The highest BCUT2D eigenvalue weighted by atomic mass is 16.2. The van der Waals surface area contributed by atoms with Gasteiger partial charge >= 0.3 is 0 Å². The first kappa shape index (κ1) is 16.0. The molecule has 2 heterocycles. The van der Waals surface area contributed by atoms with E-state index < -0.39 is 0 Å². The summed E-state index contributed by atoms with van der Waals surface area (Å²) in [5.41, 5.74) is 0.906. The van der Waals surface area contributed by atoms with E-state index >= 15 is 0 Å². The molecule has 0 aliphatic carbocycles. The molecule has 2 N–H and O–H groups in total. The Balaban J connectivity index is 1.46. The molecule has 5 nitrogen and oxygen atoms in total. The van der Waals surface area contributed by atoms with Gasteiger partial charge in [0.15, 0.2) is 0 Å². The van der Waals surface area contributed by atoms with Crippen molar-refractivity contribution in [2.75, 3.05) is 24.5 Å². The van der Waals surface area contributed by atoms with Crippen molar-refractivity contribution < 1.29 is 9.59 Å². The molecule has 5 heteroatoms. The smallest absolute Gasteiger partial charge is 0.249 e. The van der Waals surface area contributed by atoms with Gasteiger partial charge in [0.05, 0.1) is 0 Å². The van der Waals surface area contributed by atoms with E-state index in [0.717, 1.165) is 38.0 Å². The molecule has 0 bridgehead atoms. The van der Waals surface area contributed by atoms with Crippen LogP contribution < -0.4 is 15.5 Å². The van der Waals surface area contributed by atoms with E-state index in [2.05, 4.69) is 10.6 Å². The number of carbonyl (C=O) groups excluding carboxylic acids is 2. The SMILES string of the molecule is O=C(CCC1CCNCC1)NC1CCN(c2ccccc2)C1=O. The van der Waals surface area contributed by atoms with Crippen LogP contribution in [-0.2, 0) is 9.59 Å². The van der Waals surface area contributed by atoms with Crippen LogP contribution in [0.2, 0.25) is 0 Å². The second kappa shape index (κ2) is 7.59. The van der Waals surface area contributed by atoms with Crippen LogP contribution in [0.1, 0.15) is 32.1 Å². The lowest BCUT2D eigenvalue weighted by Crippen LogP contribution is -2.41. The quantitative estimate of drug-likeness (QED) is 0.869. The second-order valence-electron chi connectivity index (χ2n) is 6.47. The Morgan fingerprint density at radius 2 is 1.91 bits per heavy atom. The summed E-state index contributed by atoms with van der Waals surface area (Å²) in [5, 5.41) is 6.26. The van der Waals surface area contributed by atoms with Gasteiger partial charge in [0.2, 0.25) is 11.8 Å². The van der Waals surface area contributed by atoms with Crippen molar-refractivity contribution in [1.29, 1.82) is 0 Å². The summed E-state index contributed by atoms with van der Waals surface area (Å²) >= 11 is 0. The summed E-state index contributed by atoms with van der Waals surface area (Å²) in [6, 6.07) is 9.28. The highest BCUT2D eigenvalue weighted by Gasteiger charge is 2.33. The molecular formula is C18H25N3O2. The number of amides is 2. The zero-order chi connectivity index (χ0) is 16.1. The fourth-order valence-corrected chi connectivity index (χ4v) is 3.45. The summed E-state index contributed by atoms with van der Waals surface area (Å²) in [5.74, 6) is 0.658. The van der Waals surface area contributed by atoms with Crippen LogP contribution in [-0.4, -0.2) is 37.5 Å². The first-order chi connectivity index (χ1) is 11.2. The number of hydrogen-bond donors (Lipinski definition) is 2. The zero-order valence-corrected chi connectivity index (χ0v) is 13.5. The Labute approximate surface area is 137 Å². The highest BCUT2D eigenvalue weighted by molar-refractivity contribution is 6.01. The van der Waals surface area contributed by atoms with Gasteiger partial charge in [0.25, 0.3) is 0 Å². The Morgan fingerprint density at radius 1 is 1.17 bits per heavy atom. The van der Waals surface area contributed by atoms with E-state index in [9.17, 15) is 9.59 Å². The average Bonchev–Trinajstić information content (AvgIpc) is 2.95. The Bertz CT molecular complexity index is 540. The monoisotopic (exact) mass is 315 g/mol. The normalized spacial score (nSPS) is 22.3. The minimum atomic E-state index is -0.365. The molecule has 2 fully saturated rings. The minimum Gasteiger partial charge on any atom is -0.344 e. The van der Waals surface area contributed by atoms with Gasteiger partial charge < -0.3 is 15.5 Å². The lowest BCUT2D eigenvalue weighted by atomic mass is 9.93. The van der Waals surface area contributed by atoms with Gasteiger partial charge in [-0.1, -0.05) is 18.2 Å². The molecule has 1 unspecified atom stereocenters. The third kappa shape index (κ3) is 4.10. The lowest BCUT2D eigenvalue weighted by molar-refractivity contribution is -0.126. The van der Waals surface area contributed by atoms with Crippen LogP contribution in [0.5, 0.6) is 0 Å². The fraction of sp³-hybridized carbons (Fsp3) is 0.556. The molecule has 1 aromatic rings. The van der Waals surface area contributed by atoms with E-state index in [-0.39, 0.29) is 17.9 Å². The number of rotatable bonds is 5. The first-order valence-corrected chi connectivity index (χ1v) is 8.60. The van der Waals surface area contributed by atoms with E-state index in [0.29, 0.717) is 25.3 Å². The molecule has 3 rings (SSSR count). The molecule has 2 aliphatic rings. The van der Waals surface area contributed by atoms with E-state index in [4.69, 9.17) is 0 Å². The van der Waals surface area contributed by atoms with Crippen molar-refractivity contribution in [2.45, 2.75) is 38.1 Å². The van der Waals surface area contributed by atoms with Crippen molar-refractivity contribution in [1.82, 2.24) is 10.6 Å². The predicted octanol–water partition coefficient (Wildman–Crippen LogP) is 1.69. The van der Waals surface area contributed by atoms with Gasteiger partial charge in [-0.05, 0) is 56.8 Å². The molecule has 1 aromatic carbocycles. The largest absolute Gasteiger partial charge is 0.344 e. The van der Waals surface area contributed by atoms with Crippen molar-refractivity contribution >= 4 is 17.5 Å². The standard InChI is InChI=1S/C18H25N3O2/c22-17(7-6-14-8-11-19-12-9-14)20-16-10-13-21(18(16)23)15-4-2-1-3-5-15/h1-5,14,16,19H,6-13H2,(H,20,22). The Hall–Kier alpha value is -1.88. The summed E-state index contributed by atoms with van der Waals surface area (Å²) in [6.45, 7) is 2.78. The van der Waals surface area contributed by atoms with Crippen LogP contribution in [0.3, 0.4) is 0 Å². The summed E-state index contributed by atoms with van der Waals surface area (Å²) in [6.07, 6.45) is 4.44. The molecule has 23 heavy (non-hydrogen) atoms. The third-order valence-electron chi connectivity index (χ3n) is 4.85. The van der Waals surface area contributed by atoms with E-state index in [1.165, 1.54) is 0 Å². The molecule has 2 aliphatic heterocycles. The topological polar surface area (TPSA) is 61.4 Å². The van der Waals surface area contributed by atoms with Gasteiger partial charge in [-0.15, -0.1) is 0 Å². The van der Waals surface area contributed by atoms with Crippen molar-refractivity contribution in [3.05, 3.63) is 30.3 Å². The summed E-state index contributed by atoms with van der Waals surface area (Å²) in [7, 11) is 0. The number of nitrogens with zero attached hydrogens (tertiary/aromatic N) is 1. The molecule has 2 saturated heterocycles. The number of hydrogen-bond acceptors (Lipinski definition) is 3. The highest BCUT2D eigenvalue weighted by Crippen LogP contribution is 2.22. The van der Waals surface area contributed by atoms with Gasteiger partial charge in [-0.3, -0.25) is 9.59 Å². The molecule has 0 spiro atoms. The maximum Gasteiger partial charge on any atom is 0.249 e. The number of piperidine rings is 1. The van der Waals surface area contributed by atoms with Crippen LogP contribution >= 0.6 is 0 Å². The number of benzene rings is 1. The van der Waals surface area contributed by atoms with Gasteiger partial charge in [0, 0.05) is 18.7 Å². The second-order valence-corrected chi connectivity index (χ2v) is 6.47. The number of carbonyl (C=O) groups is 2. The molecule has 124 valence electrons. The molecule has 0 saturated carbocycles. The maximum atomic E-state index is 12.5. The van der Waals surface area contributed by atoms with Gasteiger partial charge in [-0.2, -0.15) is 0 Å². The lowest BCUT2D eigenvalue weighted by Gasteiger charge is -2.22. The zero-order valence-electron chi connectivity index (χ0n) is 13.5.